The summed E-state index contributed by atoms with van der Waals surface area (Å²) < 4.78 is 6.90. The number of aromatic nitrogens is 4. The molecule has 3 aromatic rings. The van der Waals surface area contributed by atoms with E-state index in [1.54, 1.807) is 29.1 Å². The van der Waals surface area contributed by atoms with Gasteiger partial charge in [-0.05, 0) is 36.8 Å². The van der Waals surface area contributed by atoms with Crippen molar-refractivity contribution in [2.75, 3.05) is 20.3 Å². The number of aryl methyl sites for hydroxylation is 2. The number of pyridine rings is 1. The van der Waals surface area contributed by atoms with Crippen LogP contribution in [0, 0.1) is 6.92 Å². The van der Waals surface area contributed by atoms with E-state index in [9.17, 15) is 4.79 Å². The minimum Gasteiger partial charge on any atom is -0.383 e. The SMILES string of the molecule is COCCN(Cc1ccncc1)C(=O)c1cccc(-c2nc(C)nn2C)c1. The normalized spacial score (nSPS) is 10.8. The van der Waals surface area contributed by atoms with Gasteiger partial charge in [0.1, 0.15) is 5.82 Å². The number of hydrogen-bond donors (Lipinski definition) is 0. The fourth-order valence-electron chi connectivity index (χ4n) is 2.90. The van der Waals surface area contributed by atoms with E-state index < -0.39 is 0 Å². The highest BCUT2D eigenvalue weighted by Gasteiger charge is 2.17. The first-order valence-electron chi connectivity index (χ1n) is 8.73. The van der Waals surface area contributed by atoms with E-state index in [1.807, 2.05) is 50.4 Å². The van der Waals surface area contributed by atoms with Crippen molar-refractivity contribution < 1.29 is 9.53 Å². The zero-order chi connectivity index (χ0) is 19.2. The van der Waals surface area contributed by atoms with Gasteiger partial charge >= 0.3 is 0 Å². The van der Waals surface area contributed by atoms with E-state index in [1.165, 1.54) is 0 Å². The number of nitrogens with zero attached hydrogens (tertiary/aromatic N) is 5. The van der Waals surface area contributed by atoms with Crippen molar-refractivity contribution in [3.63, 3.8) is 0 Å². The van der Waals surface area contributed by atoms with Crippen LogP contribution in [0.1, 0.15) is 21.7 Å². The molecule has 7 heteroatoms. The molecule has 2 aromatic heterocycles. The maximum atomic E-state index is 13.1. The third-order valence-corrected chi connectivity index (χ3v) is 4.21. The molecule has 1 aromatic carbocycles. The predicted octanol–water partition coefficient (Wildman–Crippen LogP) is 2.47. The van der Waals surface area contributed by atoms with Crippen molar-refractivity contribution in [3.05, 3.63) is 65.7 Å². The lowest BCUT2D eigenvalue weighted by atomic mass is 10.1. The van der Waals surface area contributed by atoms with Crippen LogP contribution in [-0.4, -0.2) is 50.8 Å². The number of amides is 1. The van der Waals surface area contributed by atoms with Gasteiger partial charge in [-0.1, -0.05) is 12.1 Å². The molecule has 0 unspecified atom stereocenters. The molecule has 0 bridgehead atoms. The molecule has 0 fully saturated rings. The largest absolute Gasteiger partial charge is 0.383 e. The fourth-order valence-corrected chi connectivity index (χ4v) is 2.90. The van der Waals surface area contributed by atoms with Crippen molar-refractivity contribution in [2.45, 2.75) is 13.5 Å². The second-order valence-corrected chi connectivity index (χ2v) is 6.26. The summed E-state index contributed by atoms with van der Waals surface area (Å²) in [6.45, 7) is 3.32. The van der Waals surface area contributed by atoms with Crippen molar-refractivity contribution in [1.82, 2.24) is 24.6 Å². The monoisotopic (exact) mass is 365 g/mol. The van der Waals surface area contributed by atoms with E-state index in [2.05, 4.69) is 15.1 Å². The number of methoxy groups -OCH3 is 1. The summed E-state index contributed by atoms with van der Waals surface area (Å²) in [7, 11) is 3.48. The Morgan fingerprint density at radius 1 is 1.22 bits per heavy atom. The first-order chi connectivity index (χ1) is 13.1. The summed E-state index contributed by atoms with van der Waals surface area (Å²) in [5.74, 6) is 1.38. The smallest absolute Gasteiger partial charge is 0.254 e. The standard InChI is InChI=1S/C20H23N5O2/c1-15-22-19(24(2)23-15)17-5-4-6-18(13-17)20(26)25(11-12-27-3)14-16-7-9-21-10-8-16/h4-10,13H,11-12,14H2,1-3H3. The summed E-state index contributed by atoms with van der Waals surface area (Å²) in [6, 6.07) is 11.3. The molecule has 0 saturated heterocycles. The number of benzene rings is 1. The fraction of sp³-hybridized carbons (Fsp3) is 0.300. The molecular weight excluding hydrogens is 342 g/mol. The molecule has 0 spiro atoms. The summed E-state index contributed by atoms with van der Waals surface area (Å²) >= 11 is 0. The molecule has 3 rings (SSSR count). The van der Waals surface area contributed by atoms with Crippen LogP contribution in [0.3, 0.4) is 0 Å². The molecule has 1 amide bonds. The zero-order valence-electron chi connectivity index (χ0n) is 15.8. The molecule has 0 N–H and O–H groups in total. The first-order valence-corrected chi connectivity index (χ1v) is 8.73. The van der Waals surface area contributed by atoms with Gasteiger partial charge in [0.05, 0.1) is 6.61 Å². The summed E-state index contributed by atoms with van der Waals surface area (Å²) in [5.41, 5.74) is 2.49. The van der Waals surface area contributed by atoms with Crippen molar-refractivity contribution >= 4 is 5.91 Å². The molecule has 7 nitrogen and oxygen atoms in total. The van der Waals surface area contributed by atoms with E-state index in [4.69, 9.17) is 4.74 Å². The summed E-state index contributed by atoms with van der Waals surface area (Å²) in [6.07, 6.45) is 3.46. The van der Waals surface area contributed by atoms with Crippen LogP contribution in [0.15, 0.2) is 48.8 Å². The van der Waals surface area contributed by atoms with Gasteiger partial charge in [-0.2, -0.15) is 5.10 Å². The summed E-state index contributed by atoms with van der Waals surface area (Å²) in [5, 5.41) is 4.28. The number of ether oxygens (including phenoxy) is 1. The van der Waals surface area contributed by atoms with Gasteiger partial charge in [0.15, 0.2) is 5.82 Å². The third kappa shape index (κ3) is 4.57. The summed E-state index contributed by atoms with van der Waals surface area (Å²) in [4.78, 5) is 23.4. The highest BCUT2D eigenvalue weighted by Crippen LogP contribution is 2.19. The Kier molecular flexibility index (Phi) is 5.93. The highest BCUT2D eigenvalue weighted by molar-refractivity contribution is 5.95. The zero-order valence-corrected chi connectivity index (χ0v) is 15.8. The second kappa shape index (κ2) is 8.55. The van der Waals surface area contributed by atoms with E-state index in [0.717, 1.165) is 17.0 Å². The van der Waals surface area contributed by atoms with E-state index in [0.29, 0.717) is 31.1 Å². The Hall–Kier alpha value is -3.06. The molecule has 2 heterocycles. The van der Waals surface area contributed by atoms with Crippen LogP contribution in [0.25, 0.3) is 11.4 Å². The van der Waals surface area contributed by atoms with Crippen LogP contribution in [0.2, 0.25) is 0 Å². The van der Waals surface area contributed by atoms with Crippen LogP contribution in [-0.2, 0) is 18.3 Å². The minimum atomic E-state index is -0.0513. The van der Waals surface area contributed by atoms with E-state index in [-0.39, 0.29) is 5.91 Å². The lowest BCUT2D eigenvalue weighted by Crippen LogP contribution is -2.33. The molecule has 0 saturated carbocycles. The predicted molar refractivity (Wildman–Crippen MR) is 102 cm³/mol. The van der Waals surface area contributed by atoms with Gasteiger partial charge in [0, 0.05) is 50.8 Å². The Bertz CT molecular complexity index is 908. The maximum absolute atomic E-state index is 13.1. The number of rotatable bonds is 7. The number of carbonyl (C=O) groups excluding carboxylic acids is 1. The Morgan fingerprint density at radius 2 is 2.00 bits per heavy atom. The molecule has 0 atom stereocenters. The molecule has 27 heavy (non-hydrogen) atoms. The van der Waals surface area contributed by atoms with Crippen molar-refractivity contribution in [3.8, 4) is 11.4 Å². The minimum absolute atomic E-state index is 0.0513. The van der Waals surface area contributed by atoms with Crippen LogP contribution in [0.5, 0.6) is 0 Å². The van der Waals surface area contributed by atoms with Gasteiger partial charge in [-0.15, -0.1) is 0 Å². The Morgan fingerprint density at radius 3 is 2.67 bits per heavy atom. The molecule has 0 aliphatic rings. The lowest BCUT2D eigenvalue weighted by Gasteiger charge is -2.23. The molecular formula is C20H23N5O2. The molecule has 0 radical (unpaired) electrons. The topological polar surface area (TPSA) is 73.1 Å². The first kappa shape index (κ1) is 18.7. The van der Waals surface area contributed by atoms with Gasteiger partial charge in [-0.3, -0.25) is 9.78 Å². The van der Waals surface area contributed by atoms with Gasteiger partial charge in [-0.25, -0.2) is 9.67 Å². The average Bonchev–Trinajstić information content (AvgIpc) is 3.03. The Labute approximate surface area is 158 Å². The third-order valence-electron chi connectivity index (χ3n) is 4.21. The molecule has 0 aliphatic heterocycles. The quantitative estimate of drug-likeness (QED) is 0.643. The average molecular weight is 365 g/mol. The van der Waals surface area contributed by atoms with Crippen molar-refractivity contribution in [1.29, 1.82) is 0 Å². The highest BCUT2D eigenvalue weighted by atomic mass is 16.5. The Balaban J connectivity index is 1.87. The van der Waals surface area contributed by atoms with Crippen molar-refractivity contribution in [2.24, 2.45) is 7.05 Å². The molecule has 0 aliphatic carbocycles. The maximum Gasteiger partial charge on any atom is 0.254 e. The number of hydrogen-bond acceptors (Lipinski definition) is 5. The second-order valence-electron chi connectivity index (χ2n) is 6.26. The lowest BCUT2D eigenvalue weighted by molar-refractivity contribution is 0.0680. The van der Waals surface area contributed by atoms with E-state index >= 15 is 0 Å². The van der Waals surface area contributed by atoms with Crippen LogP contribution < -0.4 is 0 Å². The molecule has 140 valence electrons. The van der Waals surface area contributed by atoms with Gasteiger partial charge in [0.2, 0.25) is 0 Å². The van der Waals surface area contributed by atoms with Gasteiger partial charge in [0.25, 0.3) is 5.91 Å². The van der Waals surface area contributed by atoms with Gasteiger partial charge < -0.3 is 9.64 Å². The van der Waals surface area contributed by atoms with Crippen LogP contribution in [0.4, 0.5) is 0 Å². The number of carbonyl (C=O) groups is 1. The van der Waals surface area contributed by atoms with Crippen LogP contribution >= 0.6 is 0 Å².